The van der Waals surface area contributed by atoms with Crippen LogP contribution >= 0.6 is 46.4 Å². The first-order valence-corrected chi connectivity index (χ1v) is 10.9. The molecule has 7 nitrogen and oxygen atoms in total. The number of aliphatic imine (C=N–C) groups is 1. The van der Waals surface area contributed by atoms with E-state index in [9.17, 15) is 4.79 Å². The van der Waals surface area contributed by atoms with Gasteiger partial charge in [0.25, 0.3) is 0 Å². The SMILES string of the molecule is CN(C)C(=O)/N=C(\Nc1ccc(Cl)cc1Cl)NC(Cn1ccnc1)c1ccc(Cl)cc1Cl. The molecule has 3 rings (SSSR count). The topological polar surface area (TPSA) is 74.6 Å². The highest BCUT2D eigenvalue weighted by atomic mass is 35.5. The van der Waals surface area contributed by atoms with Gasteiger partial charge in [-0.1, -0.05) is 52.5 Å². The Kier molecular flexibility index (Phi) is 8.26. The molecular formula is C21H20Cl4N6O. The number of anilines is 1. The van der Waals surface area contributed by atoms with Crippen molar-refractivity contribution in [2.24, 2.45) is 4.99 Å². The highest BCUT2D eigenvalue weighted by Gasteiger charge is 2.19. The lowest BCUT2D eigenvalue weighted by Gasteiger charge is -2.24. The minimum Gasteiger partial charge on any atom is -0.347 e. The number of urea groups is 1. The van der Waals surface area contributed by atoms with Gasteiger partial charge in [-0.25, -0.2) is 9.78 Å². The average Bonchev–Trinajstić information content (AvgIpc) is 3.22. The summed E-state index contributed by atoms with van der Waals surface area (Å²) in [5.41, 5.74) is 1.29. The predicted octanol–water partition coefficient (Wildman–Crippen LogP) is 5.98. The molecule has 2 N–H and O–H groups in total. The molecule has 1 unspecified atom stereocenters. The van der Waals surface area contributed by atoms with E-state index >= 15 is 0 Å². The summed E-state index contributed by atoms with van der Waals surface area (Å²) in [6.07, 6.45) is 5.18. The van der Waals surface area contributed by atoms with Gasteiger partial charge in [0.15, 0.2) is 0 Å². The second kappa shape index (κ2) is 10.9. The molecule has 168 valence electrons. The van der Waals surface area contributed by atoms with E-state index in [0.717, 1.165) is 5.56 Å². The van der Waals surface area contributed by atoms with Gasteiger partial charge in [-0.05, 0) is 35.9 Å². The predicted molar refractivity (Wildman–Crippen MR) is 131 cm³/mol. The first kappa shape index (κ1) is 24.2. The van der Waals surface area contributed by atoms with Crippen LogP contribution in [0.15, 0.2) is 60.1 Å². The number of hydrogen-bond acceptors (Lipinski definition) is 2. The second-order valence-electron chi connectivity index (χ2n) is 7.01. The summed E-state index contributed by atoms with van der Waals surface area (Å²) in [4.78, 5) is 22.0. The molecule has 0 bridgehead atoms. The van der Waals surface area contributed by atoms with E-state index < -0.39 is 6.03 Å². The van der Waals surface area contributed by atoms with Crippen LogP contribution in [-0.2, 0) is 6.54 Å². The number of rotatable bonds is 5. The van der Waals surface area contributed by atoms with E-state index in [1.54, 1.807) is 57.0 Å². The number of hydrogen-bond donors (Lipinski definition) is 2. The third kappa shape index (κ3) is 6.53. The number of halogens is 4. The van der Waals surface area contributed by atoms with Crippen LogP contribution in [0.4, 0.5) is 10.5 Å². The molecule has 32 heavy (non-hydrogen) atoms. The van der Waals surface area contributed by atoms with Crippen molar-refractivity contribution in [3.63, 3.8) is 0 Å². The van der Waals surface area contributed by atoms with E-state index in [2.05, 4.69) is 20.6 Å². The number of carbonyl (C=O) groups is 1. The molecule has 0 saturated heterocycles. The zero-order valence-corrected chi connectivity index (χ0v) is 20.2. The fourth-order valence-electron chi connectivity index (χ4n) is 2.79. The summed E-state index contributed by atoms with van der Waals surface area (Å²) in [5, 5.41) is 8.20. The molecule has 1 aromatic heterocycles. The summed E-state index contributed by atoms with van der Waals surface area (Å²) < 4.78 is 1.88. The summed E-state index contributed by atoms with van der Waals surface area (Å²) in [6, 6.07) is 9.34. The van der Waals surface area contributed by atoms with Crippen molar-refractivity contribution in [2.75, 3.05) is 19.4 Å². The van der Waals surface area contributed by atoms with Gasteiger partial charge in [0, 0.05) is 48.1 Å². The van der Waals surface area contributed by atoms with Crippen LogP contribution in [-0.4, -0.2) is 40.5 Å². The highest BCUT2D eigenvalue weighted by molar-refractivity contribution is 6.37. The van der Waals surface area contributed by atoms with Crippen molar-refractivity contribution in [1.82, 2.24) is 19.8 Å². The van der Waals surface area contributed by atoms with Crippen LogP contribution in [0, 0.1) is 0 Å². The molecule has 0 saturated carbocycles. The molecule has 0 aliphatic carbocycles. The summed E-state index contributed by atoms with van der Waals surface area (Å²) >= 11 is 24.9. The van der Waals surface area contributed by atoms with Crippen LogP contribution in [0.3, 0.4) is 0 Å². The van der Waals surface area contributed by atoms with Crippen molar-refractivity contribution in [3.8, 4) is 0 Å². The number of carbonyl (C=O) groups excluding carboxylic acids is 1. The van der Waals surface area contributed by atoms with E-state index in [-0.39, 0.29) is 12.0 Å². The van der Waals surface area contributed by atoms with E-state index in [1.807, 2.05) is 16.8 Å². The largest absolute Gasteiger partial charge is 0.347 e. The Balaban J connectivity index is 1.98. The average molecular weight is 514 g/mol. The van der Waals surface area contributed by atoms with Gasteiger partial charge < -0.3 is 20.1 Å². The standard InChI is InChI=1S/C21H20Cl4N6O/c1-30(2)21(32)29-20(27-18-6-4-14(23)10-17(18)25)28-19(11-31-8-7-26-12-31)15-5-3-13(22)9-16(15)24/h3-10,12,19H,11H2,1-2H3,(H2,27,28,29,32). The fourth-order valence-corrected chi connectivity index (χ4v) is 3.78. The maximum absolute atomic E-state index is 12.4. The number of imidazole rings is 1. The van der Waals surface area contributed by atoms with E-state index in [1.165, 1.54) is 4.90 Å². The molecule has 1 heterocycles. The number of guanidine groups is 1. The Morgan fingerprint density at radius 1 is 1.09 bits per heavy atom. The van der Waals surface area contributed by atoms with Gasteiger partial charge in [0.05, 0.1) is 23.1 Å². The van der Waals surface area contributed by atoms with Crippen molar-refractivity contribution in [2.45, 2.75) is 12.6 Å². The third-order valence-corrected chi connectivity index (χ3v) is 5.49. The lowest BCUT2D eigenvalue weighted by Crippen LogP contribution is -2.38. The Hall–Kier alpha value is -2.45. The van der Waals surface area contributed by atoms with Crippen LogP contribution in [0.25, 0.3) is 0 Å². The van der Waals surface area contributed by atoms with Crippen molar-refractivity contribution >= 4 is 64.1 Å². The molecule has 0 radical (unpaired) electrons. The molecule has 0 fully saturated rings. The molecular weight excluding hydrogens is 494 g/mol. The molecule has 2 amide bonds. The zero-order chi connectivity index (χ0) is 23.3. The molecule has 11 heteroatoms. The molecule has 2 aromatic carbocycles. The third-order valence-electron chi connectivity index (χ3n) is 4.38. The van der Waals surface area contributed by atoms with Crippen molar-refractivity contribution in [3.05, 3.63) is 80.8 Å². The zero-order valence-electron chi connectivity index (χ0n) is 17.2. The summed E-state index contributed by atoms with van der Waals surface area (Å²) in [7, 11) is 3.22. The van der Waals surface area contributed by atoms with Crippen molar-refractivity contribution < 1.29 is 4.79 Å². The lowest BCUT2D eigenvalue weighted by molar-refractivity contribution is 0.227. The Labute approximate surface area is 206 Å². The molecule has 0 aliphatic rings. The summed E-state index contributed by atoms with van der Waals surface area (Å²) in [5.74, 6) is 0.184. The normalized spacial score (nSPS) is 12.4. The van der Waals surface area contributed by atoms with Gasteiger partial charge in [-0.2, -0.15) is 4.99 Å². The van der Waals surface area contributed by atoms with Gasteiger partial charge in [-0.15, -0.1) is 0 Å². The molecule has 1 atom stereocenters. The second-order valence-corrected chi connectivity index (χ2v) is 8.70. The van der Waals surface area contributed by atoms with E-state index in [0.29, 0.717) is 32.3 Å². The Morgan fingerprint density at radius 3 is 2.38 bits per heavy atom. The smallest absolute Gasteiger partial charge is 0.346 e. The number of amides is 2. The van der Waals surface area contributed by atoms with Crippen LogP contribution in [0.2, 0.25) is 20.1 Å². The number of nitrogens with zero attached hydrogens (tertiary/aromatic N) is 4. The number of benzene rings is 2. The van der Waals surface area contributed by atoms with Crippen LogP contribution in [0.5, 0.6) is 0 Å². The first-order valence-electron chi connectivity index (χ1n) is 9.42. The van der Waals surface area contributed by atoms with E-state index in [4.69, 9.17) is 46.4 Å². The first-order chi connectivity index (χ1) is 15.2. The quantitative estimate of drug-likeness (QED) is 0.325. The minimum absolute atomic E-state index is 0.184. The minimum atomic E-state index is -0.464. The maximum Gasteiger partial charge on any atom is 0.346 e. The summed E-state index contributed by atoms with van der Waals surface area (Å²) in [6.45, 7) is 0.451. The highest BCUT2D eigenvalue weighted by Crippen LogP contribution is 2.29. The van der Waals surface area contributed by atoms with Crippen LogP contribution in [0.1, 0.15) is 11.6 Å². The van der Waals surface area contributed by atoms with Gasteiger partial charge in [-0.3, -0.25) is 0 Å². The Bertz CT molecular complexity index is 1120. The van der Waals surface area contributed by atoms with Crippen molar-refractivity contribution in [1.29, 1.82) is 0 Å². The van der Waals surface area contributed by atoms with Gasteiger partial charge in [0.1, 0.15) is 0 Å². The molecule has 3 aromatic rings. The number of aromatic nitrogens is 2. The maximum atomic E-state index is 12.4. The van der Waals surface area contributed by atoms with Gasteiger partial charge >= 0.3 is 6.03 Å². The fraction of sp³-hybridized carbons (Fsp3) is 0.190. The van der Waals surface area contributed by atoms with Crippen LogP contribution < -0.4 is 10.6 Å². The number of nitrogens with one attached hydrogen (secondary N) is 2. The Morgan fingerprint density at radius 2 is 1.78 bits per heavy atom. The monoisotopic (exact) mass is 512 g/mol. The molecule has 0 aliphatic heterocycles. The molecule has 0 spiro atoms. The lowest BCUT2D eigenvalue weighted by atomic mass is 10.1. The van der Waals surface area contributed by atoms with Gasteiger partial charge in [0.2, 0.25) is 5.96 Å².